The molecule has 1 saturated heterocycles. The highest BCUT2D eigenvalue weighted by atomic mass is 16.6. The average Bonchev–Trinajstić information content (AvgIpc) is 3.04. The predicted octanol–water partition coefficient (Wildman–Crippen LogP) is 6.35. The Morgan fingerprint density at radius 1 is 0.939 bits per heavy atom. The number of esters is 1. The van der Waals surface area contributed by atoms with Crippen LogP contribution >= 0.6 is 0 Å². The minimum Gasteiger partial charge on any atom is -0.462 e. The highest BCUT2D eigenvalue weighted by molar-refractivity contribution is 5.66. The first-order chi connectivity index (χ1) is 15.3. The summed E-state index contributed by atoms with van der Waals surface area (Å²) in [6, 6.07) is 0. The first-order valence-corrected chi connectivity index (χ1v) is 13.9. The SMILES string of the molecule is CC[C@@]1(C)CCC[C@@]2(C)C1CC[C@]1(C)C2C[C@H](OC(C)=O)[C@@]2(C)C1CCC1[C@@H]2CO[C@@]1(C)O. The van der Waals surface area contributed by atoms with Gasteiger partial charge in [0.1, 0.15) is 6.10 Å². The van der Waals surface area contributed by atoms with Crippen LogP contribution in [0.1, 0.15) is 106 Å². The highest BCUT2D eigenvalue weighted by Crippen LogP contribution is 2.75. The topological polar surface area (TPSA) is 55.8 Å². The zero-order valence-electron chi connectivity index (χ0n) is 22.2. The van der Waals surface area contributed by atoms with E-state index in [2.05, 4.69) is 34.6 Å². The van der Waals surface area contributed by atoms with Crippen LogP contribution in [-0.4, -0.2) is 29.6 Å². The van der Waals surface area contributed by atoms with E-state index in [-0.39, 0.29) is 34.7 Å². The Morgan fingerprint density at radius 3 is 2.30 bits per heavy atom. The highest BCUT2D eigenvalue weighted by Gasteiger charge is 2.71. The summed E-state index contributed by atoms with van der Waals surface area (Å²) in [6.45, 7) is 16.5. The summed E-state index contributed by atoms with van der Waals surface area (Å²) in [5, 5.41) is 11.0. The van der Waals surface area contributed by atoms with Crippen molar-refractivity contribution < 1.29 is 19.4 Å². The second-order valence-electron chi connectivity index (χ2n) is 13.9. The van der Waals surface area contributed by atoms with Crippen LogP contribution in [0, 0.1) is 51.2 Å². The van der Waals surface area contributed by atoms with Gasteiger partial charge in [0.2, 0.25) is 0 Å². The predicted molar refractivity (Wildman–Crippen MR) is 129 cm³/mol. The molecule has 188 valence electrons. The molecule has 1 heterocycles. The van der Waals surface area contributed by atoms with Gasteiger partial charge in [0.25, 0.3) is 0 Å². The van der Waals surface area contributed by atoms with Crippen molar-refractivity contribution in [2.45, 2.75) is 118 Å². The Balaban J connectivity index is 1.59. The Morgan fingerprint density at radius 2 is 1.64 bits per heavy atom. The van der Waals surface area contributed by atoms with Gasteiger partial charge in [0.05, 0.1) is 6.61 Å². The number of rotatable bonds is 2. The summed E-state index contributed by atoms with van der Waals surface area (Å²) in [4.78, 5) is 12.4. The van der Waals surface area contributed by atoms with Crippen molar-refractivity contribution in [3.8, 4) is 0 Å². The molecule has 33 heavy (non-hydrogen) atoms. The van der Waals surface area contributed by atoms with Crippen LogP contribution in [-0.2, 0) is 14.3 Å². The number of hydrogen-bond acceptors (Lipinski definition) is 4. The Labute approximate surface area is 201 Å². The lowest BCUT2D eigenvalue weighted by atomic mass is 9.34. The van der Waals surface area contributed by atoms with Gasteiger partial charge in [-0.15, -0.1) is 0 Å². The summed E-state index contributed by atoms with van der Waals surface area (Å²) in [6.07, 6.45) is 10.9. The van der Waals surface area contributed by atoms with Gasteiger partial charge in [-0.05, 0) is 91.8 Å². The van der Waals surface area contributed by atoms with Crippen molar-refractivity contribution in [3.63, 3.8) is 0 Å². The van der Waals surface area contributed by atoms with Crippen LogP contribution in [0.25, 0.3) is 0 Å². The Kier molecular flexibility index (Phi) is 5.44. The third-order valence-corrected chi connectivity index (χ3v) is 12.8. The largest absolute Gasteiger partial charge is 0.462 e. The van der Waals surface area contributed by atoms with Crippen LogP contribution in [0.2, 0.25) is 0 Å². The fourth-order valence-corrected chi connectivity index (χ4v) is 11.1. The number of fused-ring (bicyclic) bond motifs is 7. The van der Waals surface area contributed by atoms with Crippen molar-refractivity contribution in [3.05, 3.63) is 0 Å². The molecule has 1 aliphatic heterocycles. The van der Waals surface area contributed by atoms with E-state index >= 15 is 0 Å². The van der Waals surface area contributed by atoms with Gasteiger partial charge < -0.3 is 14.6 Å². The molecule has 0 bridgehead atoms. The fraction of sp³-hybridized carbons (Fsp3) is 0.966. The van der Waals surface area contributed by atoms with Gasteiger partial charge in [-0.25, -0.2) is 0 Å². The van der Waals surface area contributed by atoms with Crippen LogP contribution < -0.4 is 0 Å². The van der Waals surface area contributed by atoms with Crippen molar-refractivity contribution in [1.82, 2.24) is 0 Å². The Hall–Kier alpha value is -0.610. The molecule has 4 heteroatoms. The number of aliphatic hydroxyl groups is 1. The second kappa shape index (κ2) is 7.45. The van der Waals surface area contributed by atoms with E-state index in [1.165, 1.54) is 38.5 Å². The average molecular weight is 461 g/mol. The maximum absolute atomic E-state index is 12.4. The molecule has 4 aliphatic carbocycles. The zero-order valence-corrected chi connectivity index (χ0v) is 22.2. The van der Waals surface area contributed by atoms with Crippen molar-refractivity contribution in [1.29, 1.82) is 0 Å². The standard InChI is InChI=1S/C29H48O4/c1-8-25(3)13-9-14-26(4)21(25)12-15-27(5)22-11-10-19-20(17-32-29(19,7)31)28(22,6)24(16-23(26)27)33-18(2)30/h19-24,31H,8-17H2,1-7H3/t19?,20-,21?,22?,23?,24-,25-,26-,27-,28+,29+/m0/s1. The van der Waals surface area contributed by atoms with Crippen LogP contribution in [0.3, 0.4) is 0 Å². The van der Waals surface area contributed by atoms with E-state index in [1.54, 1.807) is 6.92 Å². The molecule has 11 atom stereocenters. The van der Waals surface area contributed by atoms with E-state index in [9.17, 15) is 9.90 Å². The van der Waals surface area contributed by atoms with E-state index in [4.69, 9.17) is 9.47 Å². The lowest BCUT2D eigenvalue weighted by molar-refractivity contribution is -0.259. The summed E-state index contributed by atoms with van der Waals surface area (Å²) in [5.41, 5.74) is 0.847. The van der Waals surface area contributed by atoms with Crippen LogP contribution in [0.5, 0.6) is 0 Å². The van der Waals surface area contributed by atoms with Gasteiger partial charge >= 0.3 is 5.97 Å². The molecule has 0 aromatic heterocycles. The molecular formula is C29H48O4. The molecular weight excluding hydrogens is 412 g/mol. The first-order valence-electron chi connectivity index (χ1n) is 13.9. The number of carbonyl (C=O) groups is 1. The normalized spacial score (nSPS) is 57.9. The molecule has 0 spiro atoms. The van der Waals surface area contributed by atoms with Gasteiger partial charge in [-0.1, -0.05) is 47.5 Å². The summed E-state index contributed by atoms with van der Waals surface area (Å²) in [5.74, 6) is 0.990. The zero-order chi connectivity index (χ0) is 24.0. The van der Waals surface area contributed by atoms with Crippen molar-refractivity contribution >= 4 is 5.97 Å². The van der Waals surface area contributed by atoms with Gasteiger partial charge in [-0.3, -0.25) is 4.79 Å². The van der Waals surface area contributed by atoms with E-state index in [0.29, 0.717) is 29.3 Å². The molecule has 0 radical (unpaired) electrons. The lowest BCUT2D eigenvalue weighted by Crippen LogP contribution is -2.68. The first kappa shape index (κ1) is 24.1. The maximum Gasteiger partial charge on any atom is 0.302 e. The monoisotopic (exact) mass is 460 g/mol. The molecule has 5 fully saturated rings. The number of hydrogen-bond donors (Lipinski definition) is 1. The van der Waals surface area contributed by atoms with Gasteiger partial charge in [-0.2, -0.15) is 0 Å². The summed E-state index contributed by atoms with van der Waals surface area (Å²) < 4.78 is 12.2. The van der Waals surface area contributed by atoms with Crippen molar-refractivity contribution in [2.75, 3.05) is 6.61 Å². The quantitative estimate of drug-likeness (QED) is 0.488. The summed E-state index contributed by atoms with van der Waals surface area (Å²) >= 11 is 0. The second-order valence-corrected chi connectivity index (χ2v) is 13.9. The van der Waals surface area contributed by atoms with Crippen LogP contribution in [0.4, 0.5) is 0 Å². The molecule has 0 aromatic rings. The smallest absolute Gasteiger partial charge is 0.302 e. The third-order valence-electron chi connectivity index (χ3n) is 12.8. The number of ether oxygens (including phenoxy) is 2. The van der Waals surface area contributed by atoms with Gasteiger partial charge in [0, 0.05) is 18.3 Å². The van der Waals surface area contributed by atoms with E-state index in [1.807, 2.05) is 6.92 Å². The van der Waals surface area contributed by atoms with E-state index in [0.717, 1.165) is 25.2 Å². The maximum atomic E-state index is 12.4. The minimum absolute atomic E-state index is 0.0891. The van der Waals surface area contributed by atoms with Crippen molar-refractivity contribution in [2.24, 2.45) is 51.2 Å². The third kappa shape index (κ3) is 3.11. The minimum atomic E-state index is -1.06. The molecule has 4 nitrogen and oxygen atoms in total. The number of carbonyl (C=O) groups excluding carboxylic acids is 1. The molecule has 4 unspecified atom stereocenters. The fourth-order valence-electron chi connectivity index (χ4n) is 11.1. The van der Waals surface area contributed by atoms with Crippen LogP contribution in [0.15, 0.2) is 0 Å². The Bertz CT molecular complexity index is 807. The molecule has 5 aliphatic rings. The molecule has 5 rings (SSSR count). The van der Waals surface area contributed by atoms with Gasteiger partial charge in [0.15, 0.2) is 5.79 Å². The molecule has 1 N–H and O–H groups in total. The van der Waals surface area contributed by atoms with E-state index < -0.39 is 5.79 Å². The molecule has 0 amide bonds. The molecule has 4 saturated carbocycles. The molecule has 0 aromatic carbocycles. The lowest BCUT2D eigenvalue weighted by Gasteiger charge is -2.71. The summed E-state index contributed by atoms with van der Waals surface area (Å²) in [7, 11) is 0.